The van der Waals surface area contributed by atoms with Crippen LogP contribution in [0.1, 0.15) is 36.5 Å². The second-order valence-corrected chi connectivity index (χ2v) is 7.92. The SMILES string of the molecule is CCC(C)NC(=O)c1ccc(-c2nc(CCN(C)C(=O)Nc3ccc(Cl)cc3)no2)cc1. The van der Waals surface area contributed by atoms with Gasteiger partial charge in [0.1, 0.15) is 0 Å². The van der Waals surface area contributed by atoms with Crippen LogP contribution in [0.25, 0.3) is 11.5 Å². The van der Waals surface area contributed by atoms with Crippen molar-refractivity contribution >= 4 is 29.2 Å². The number of nitrogens with zero attached hydrogens (tertiary/aromatic N) is 3. The first-order chi connectivity index (χ1) is 15.4. The second-order valence-electron chi connectivity index (χ2n) is 7.48. The zero-order valence-corrected chi connectivity index (χ0v) is 19.0. The Kier molecular flexibility index (Phi) is 7.83. The highest BCUT2D eigenvalue weighted by atomic mass is 35.5. The number of nitrogens with one attached hydrogen (secondary N) is 2. The molecule has 0 aliphatic carbocycles. The van der Waals surface area contributed by atoms with Gasteiger partial charge in [0.15, 0.2) is 5.82 Å². The Bertz CT molecular complexity index is 1050. The number of rotatable bonds is 8. The van der Waals surface area contributed by atoms with E-state index >= 15 is 0 Å². The number of halogens is 1. The van der Waals surface area contributed by atoms with Gasteiger partial charge in [-0.2, -0.15) is 4.98 Å². The van der Waals surface area contributed by atoms with Crippen molar-refractivity contribution in [2.45, 2.75) is 32.7 Å². The summed E-state index contributed by atoms with van der Waals surface area (Å²) >= 11 is 5.86. The Balaban J connectivity index is 1.53. The number of anilines is 1. The Hall–Kier alpha value is -3.39. The second kappa shape index (κ2) is 10.8. The third-order valence-corrected chi connectivity index (χ3v) is 5.22. The van der Waals surface area contributed by atoms with Crippen LogP contribution in [-0.4, -0.2) is 46.6 Å². The summed E-state index contributed by atoms with van der Waals surface area (Å²) in [5.41, 5.74) is 1.95. The predicted molar refractivity (Wildman–Crippen MR) is 124 cm³/mol. The molecule has 8 nitrogen and oxygen atoms in total. The first kappa shape index (κ1) is 23.3. The summed E-state index contributed by atoms with van der Waals surface area (Å²) in [4.78, 5) is 30.4. The van der Waals surface area contributed by atoms with Crippen LogP contribution in [0.5, 0.6) is 0 Å². The number of carbonyl (C=O) groups is 2. The van der Waals surface area contributed by atoms with E-state index in [1.54, 1.807) is 55.6 Å². The average Bonchev–Trinajstić information content (AvgIpc) is 3.28. The molecular weight excluding hydrogens is 430 g/mol. The van der Waals surface area contributed by atoms with Gasteiger partial charge in [-0.15, -0.1) is 0 Å². The van der Waals surface area contributed by atoms with Gasteiger partial charge >= 0.3 is 6.03 Å². The molecule has 1 unspecified atom stereocenters. The van der Waals surface area contributed by atoms with Crippen LogP contribution in [0, 0.1) is 0 Å². The molecule has 0 aliphatic heterocycles. The molecule has 0 radical (unpaired) electrons. The number of hydrogen-bond acceptors (Lipinski definition) is 5. The van der Waals surface area contributed by atoms with Gasteiger partial charge in [-0.3, -0.25) is 4.79 Å². The zero-order chi connectivity index (χ0) is 23.1. The van der Waals surface area contributed by atoms with E-state index in [0.29, 0.717) is 41.0 Å². The highest BCUT2D eigenvalue weighted by molar-refractivity contribution is 6.30. The lowest BCUT2D eigenvalue weighted by molar-refractivity contribution is 0.0939. The van der Waals surface area contributed by atoms with Crippen LogP contribution in [0.3, 0.4) is 0 Å². The van der Waals surface area contributed by atoms with Gasteiger partial charge in [0.05, 0.1) is 0 Å². The molecule has 0 spiro atoms. The molecule has 9 heteroatoms. The average molecular weight is 456 g/mol. The highest BCUT2D eigenvalue weighted by Crippen LogP contribution is 2.18. The fourth-order valence-corrected chi connectivity index (χ4v) is 2.89. The first-order valence-corrected chi connectivity index (χ1v) is 10.7. The summed E-state index contributed by atoms with van der Waals surface area (Å²) < 4.78 is 5.34. The number of hydrogen-bond donors (Lipinski definition) is 2. The fourth-order valence-electron chi connectivity index (χ4n) is 2.77. The maximum Gasteiger partial charge on any atom is 0.321 e. The summed E-state index contributed by atoms with van der Waals surface area (Å²) in [5.74, 6) is 0.740. The third kappa shape index (κ3) is 6.31. The Morgan fingerprint density at radius 2 is 1.81 bits per heavy atom. The first-order valence-electron chi connectivity index (χ1n) is 10.4. The molecule has 0 saturated carbocycles. The van der Waals surface area contributed by atoms with Crippen LogP contribution in [0.2, 0.25) is 5.02 Å². The molecule has 2 aromatic carbocycles. The molecule has 3 rings (SSSR count). The smallest absolute Gasteiger partial charge is 0.321 e. The number of carbonyl (C=O) groups excluding carboxylic acids is 2. The minimum absolute atomic E-state index is 0.114. The number of amides is 3. The Labute approximate surface area is 192 Å². The van der Waals surface area contributed by atoms with E-state index in [4.69, 9.17) is 16.1 Å². The van der Waals surface area contributed by atoms with Crippen LogP contribution in [0.15, 0.2) is 53.1 Å². The van der Waals surface area contributed by atoms with Gasteiger partial charge in [0.2, 0.25) is 0 Å². The fraction of sp³-hybridized carbons (Fsp3) is 0.304. The van der Waals surface area contributed by atoms with Gasteiger partial charge < -0.3 is 20.1 Å². The summed E-state index contributed by atoms with van der Waals surface area (Å²) in [5, 5.41) is 10.3. The van der Waals surface area contributed by atoms with E-state index in [0.717, 1.165) is 12.0 Å². The molecule has 0 aliphatic rings. The summed E-state index contributed by atoms with van der Waals surface area (Å²) in [6.45, 7) is 4.39. The predicted octanol–water partition coefficient (Wildman–Crippen LogP) is 4.62. The van der Waals surface area contributed by atoms with Gasteiger partial charge in [-0.25, -0.2) is 4.79 Å². The topological polar surface area (TPSA) is 100 Å². The van der Waals surface area contributed by atoms with E-state index in [1.807, 2.05) is 13.8 Å². The minimum atomic E-state index is -0.248. The van der Waals surface area contributed by atoms with Crippen molar-refractivity contribution in [3.8, 4) is 11.5 Å². The van der Waals surface area contributed by atoms with Crippen molar-refractivity contribution in [2.24, 2.45) is 0 Å². The van der Waals surface area contributed by atoms with Gasteiger partial charge in [-0.05, 0) is 61.9 Å². The van der Waals surface area contributed by atoms with Crippen molar-refractivity contribution < 1.29 is 14.1 Å². The maximum absolute atomic E-state index is 12.3. The van der Waals surface area contributed by atoms with Gasteiger partial charge in [0.25, 0.3) is 11.8 Å². The lowest BCUT2D eigenvalue weighted by Crippen LogP contribution is -2.33. The Morgan fingerprint density at radius 3 is 2.47 bits per heavy atom. The molecule has 0 bridgehead atoms. The lowest BCUT2D eigenvalue weighted by Gasteiger charge is -2.17. The van der Waals surface area contributed by atoms with E-state index < -0.39 is 0 Å². The van der Waals surface area contributed by atoms with Gasteiger partial charge in [0, 0.05) is 47.9 Å². The molecule has 1 atom stereocenters. The van der Waals surface area contributed by atoms with Crippen LogP contribution in [-0.2, 0) is 6.42 Å². The largest absolute Gasteiger partial charge is 0.350 e. The maximum atomic E-state index is 12.3. The molecule has 3 amide bonds. The van der Waals surface area contributed by atoms with E-state index in [-0.39, 0.29) is 18.0 Å². The molecule has 0 saturated heterocycles. The summed E-state index contributed by atoms with van der Waals surface area (Å²) in [7, 11) is 1.69. The van der Waals surface area contributed by atoms with Crippen molar-refractivity contribution in [1.82, 2.24) is 20.4 Å². The van der Waals surface area contributed by atoms with Crippen LogP contribution in [0.4, 0.5) is 10.5 Å². The monoisotopic (exact) mass is 455 g/mol. The van der Waals surface area contributed by atoms with E-state index in [1.165, 1.54) is 4.90 Å². The normalized spacial score (nSPS) is 11.6. The molecule has 1 heterocycles. The molecule has 32 heavy (non-hydrogen) atoms. The Morgan fingerprint density at radius 1 is 1.12 bits per heavy atom. The lowest BCUT2D eigenvalue weighted by atomic mass is 10.1. The number of aromatic nitrogens is 2. The quantitative estimate of drug-likeness (QED) is 0.516. The molecule has 2 N–H and O–H groups in total. The number of urea groups is 1. The van der Waals surface area contributed by atoms with E-state index in [2.05, 4.69) is 20.8 Å². The zero-order valence-electron chi connectivity index (χ0n) is 18.3. The molecule has 168 valence electrons. The van der Waals surface area contributed by atoms with Crippen molar-refractivity contribution in [1.29, 1.82) is 0 Å². The van der Waals surface area contributed by atoms with Crippen molar-refractivity contribution in [3.05, 3.63) is 64.9 Å². The highest BCUT2D eigenvalue weighted by Gasteiger charge is 2.14. The number of benzene rings is 2. The molecule has 0 fully saturated rings. The summed E-state index contributed by atoms with van der Waals surface area (Å²) in [6.07, 6.45) is 1.30. The van der Waals surface area contributed by atoms with Crippen molar-refractivity contribution in [3.63, 3.8) is 0 Å². The standard InChI is InChI=1S/C23H26ClN5O3/c1-4-15(2)25-21(30)16-5-7-17(8-6-16)22-27-20(28-32-22)13-14-29(3)23(31)26-19-11-9-18(24)10-12-19/h5-12,15H,4,13-14H2,1-3H3,(H,25,30)(H,26,31). The molecule has 1 aromatic heterocycles. The third-order valence-electron chi connectivity index (χ3n) is 4.97. The minimum Gasteiger partial charge on any atom is -0.350 e. The van der Waals surface area contributed by atoms with Crippen molar-refractivity contribution in [2.75, 3.05) is 18.9 Å². The van der Waals surface area contributed by atoms with Crippen LogP contribution >= 0.6 is 11.6 Å². The number of likely N-dealkylation sites (N-methyl/N-ethyl adjacent to an activating group) is 1. The van der Waals surface area contributed by atoms with E-state index in [9.17, 15) is 9.59 Å². The molecular formula is C23H26ClN5O3. The van der Waals surface area contributed by atoms with Crippen LogP contribution < -0.4 is 10.6 Å². The molecule has 3 aromatic rings. The summed E-state index contributed by atoms with van der Waals surface area (Å²) in [6, 6.07) is 13.8. The van der Waals surface area contributed by atoms with Gasteiger partial charge in [-0.1, -0.05) is 23.7 Å².